The molecule has 0 saturated heterocycles. The van der Waals surface area contributed by atoms with Crippen LogP contribution in [-0.4, -0.2) is 15.3 Å². The maximum absolute atomic E-state index is 12.5. The number of hydrogen-bond acceptors (Lipinski definition) is 4. The summed E-state index contributed by atoms with van der Waals surface area (Å²) >= 11 is 0. The predicted molar refractivity (Wildman–Crippen MR) is 76.0 cm³/mol. The Balaban J connectivity index is 2.68. The summed E-state index contributed by atoms with van der Waals surface area (Å²) in [7, 11) is 0. The molecule has 104 valence electrons. The lowest BCUT2D eigenvalue weighted by Gasteiger charge is -2.11. The predicted octanol–water partition coefficient (Wildman–Crippen LogP) is 0.678. The van der Waals surface area contributed by atoms with Gasteiger partial charge in [-0.25, -0.2) is 4.79 Å². The summed E-state index contributed by atoms with van der Waals surface area (Å²) in [6, 6.07) is 6.35. The van der Waals surface area contributed by atoms with Crippen molar-refractivity contribution in [2.24, 2.45) is 0 Å². The van der Waals surface area contributed by atoms with E-state index < -0.39 is 11.2 Å². The van der Waals surface area contributed by atoms with Gasteiger partial charge in [-0.15, -0.1) is 0 Å². The van der Waals surface area contributed by atoms with Crippen LogP contribution in [0.5, 0.6) is 0 Å². The molecule has 2 rings (SSSR count). The van der Waals surface area contributed by atoms with Gasteiger partial charge in [0.05, 0.1) is 0 Å². The van der Waals surface area contributed by atoms with Crippen molar-refractivity contribution in [1.82, 2.24) is 9.55 Å². The average Bonchev–Trinajstić information content (AvgIpc) is 2.42. The molecule has 0 amide bonds. The Labute approximate surface area is 114 Å². The van der Waals surface area contributed by atoms with Gasteiger partial charge in [0.2, 0.25) is 5.78 Å². The fraction of sp³-hybridized carbons (Fsp3) is 0.214. The zero-order chi connectivity index (χ0) is 14.9. The van der Waals surface area contributed by atoms with Crippen LogP contribution in [0.2, 0.25) is 0 Å². The second-order valence-electron chi connectivity index (χ2n) is 4.43. The van der Waals surface area contributed by atoms with Gasteiger partial charge in [0, 0.05) is 23.4 Å². The Morgan fingerprint density at radius 1 is 1.25 bits per heavy atom. The largest absolute Gasteiger partial charge is 0.399 e. The molecule has 1 heterocycles. The number of rotatable bonds is 3. The first-order valence-electron chi connectivity index (χ1n) is 6.19. The number of nitrogens with zero attached hydrogens (tertiary/aromatic N) is 1. The van der Waals surface area contributed by atoms with Crippen LogP contribution in [0, 0.1) is 6.92 Å². The number of carbonyl (C=O) groups is 1. The minimum atomic E-state index is -0.582. The monoisotopic (exact) mass is 273 g/mol. The summed E-state index contributed by atoms with van der Waals surface area (Å²) in [5, 5.41) is 0. The van der Waals surface area contributed by atoms with Crippen molar-refractivity contribution in [3.8, 4) is 0 Å². The number of nitrogens with two attached hydrogens (primary N) is 1. The van der Waals surface area contributed by atoms with Crippen LogP contribution >= 0.6 is 0 Å². The van der Waals surface area contributed by atoms with Crippen LogP contribution in [0.1, 0.15) is 28.5 Å². The van der Waals surface area contributed by atoms with Crippen LogP contribution in [0.25, 0.3) is 0 Å². The van der Waals surface area contributed by atoms with Gasteiger partial charge in [0.1, 0.15) is 5.69 Å². The smallest absolute Gasteiger partial charge is 0.328 e. The van der Waals surface area contributed by atoms with Gasteiger partial charge < -0.3 is 5.73 Å². The molecular formula is C14H15N3O3. The molecular weight excluding hydrogens is 258 g/mol. The van der Waals surface area contributed by atoms with E-state index in [0.29, 0.717) is 17.8 Å². The number of ketones is 1. The Morgan fingerprint density at radius 3 is 2.40 bits per heavy atom. The summed E-state index contributed by atoms with van der Waals surface area (Å²) < 4.78 is 1.26. The first kappa shape index (κ1) is 13.8. The molecule has 1 aromatic carbocycles. The Hall–Kier alpha value is -2.63. The lowest BCUT2D eigenvalue weighted by molar-refractivity contribution is 0.102. The molecule has 0 aliphatic carbocycles. The standard InChI is InChI=1S/C14H15N3O3/c1-3-17-11(8(2)13(19)16-14(17)20)12(18)9-4-6-10(15)7-5-9/h4-7H,3,15H2,1-2H3,(H,16,19,20). The fourth-order valence-electron chi connectivity index (χ4n) is 2.04. The molecule has 0 atom stereocenters. The topological polar surface area (TPSA) is 97.9 Å². The fourth-order valence-corrected chi connectivity index (χ4v) is 2.04. The van der Waals surface area contributed by atoms with E-state index in [-0.39, 0.29) is 17.0 Å². The second-order valence-corrected chi connectivity index (χ2v) is 4.43. The minimum Gasteiger partial charge on any atom is -0.399 e. The quantitative estimate of drug-likeness (QED) is 0.634. The number of benzene rings is 1. The summed E-state index contributed by atoms with van der Waals surface area (Å²) in [6.45, 7) is 3.56. The number of carbonyl (C=O) groups excluding carboxylic acids is 1. The zero-order valence-electron chi connectivity index (χ0n) is 11.3. The van der Waals surface area contributed by atoms with Crippen molar-refractivity contribution in [1.29, 1.82) is 0 Å². The molecule has 3 N–H and O–H groups in total. The van der Waals surface area contributed by atoms with Crippen molar-refractivity contribution < 1.29 is 4.79 Å². The van der Waals surface area contributed by atoms with Crippen LogP contribution in [0.4, 0.5) is 5.69 Å². The lowest BCUT2D eigenvalue weighted by atomic mass is 10.0. The summed E-state index contributed by atoms with van der Waals surface area (Å²) in [6.07, 6.45) is 0. The van der Waals surface area contributed by atoms with Gasteiger partial charge in [0.25, 0.3) is 5.56 Å². The summed E-state index contributed by atoms with van der Waals surface area (Å²) in [5.74, 6) is -0.368. The van der Waals surface area contributed by atoms with Crippen molar-refractivity contribution in [2.75, 3.05) is 5.73 Å². The first-order valence-corrected chi connectivity index (χ1v) is 6.19. The molecule has 6 heteroatoms. The van der Waals surface area contributed by atoms with Gasteiger partial charge in [0.15, 0.2) is 0 Å². The van der Waals surface area contributed by atoms with Gasteiger partial charge in [-0.2, -0.15) is 0 Å². The molecule has 1 aromatic heterocycles. The molecule has 0 fully saturated rings. The second kappa shape index (κ2) is 5.16. The third-order valence-electron chi connectivity index (χ3n) is 3.14. The summed E-state index contributed by atoms with van der Waals surface area (Å²) in [5.41, 5.74) is 5.72. The molecule has 0 radical (unpaired) electrons. The third kappa shape index (κ3) is 2.27. The highest BCUT2D eigenvalue weighted by atomic mass is 16.2. The van der Waals surface area contributed by atoms with Crippen LogP contribution in [0.15, 0.2) is 33.9 Å². The SMILES string of the molecule is CCn1c(C(=O)c2ccc(N)cc2)c(C)c(=O)[nH]c1=O. The number of nitrogens with one attached hydrogen (secondary N) is 1. The van der Waals surface area contributed by atoms with E-state index in [0.717, 1.165) is 0 Å². The minimum absolute atomic E-state index is 0.117. The Bertz CT molecular complexity index is 770. The lowest BCUT2D eigenvalue weighted by Crippen LogP contribution is -2.36. The number of aromatic nitrogens is 2. The van der Waals surface area contributed by atoms with Gasteiger partial charge >= 0.3 is 5.69 Å². The maximum atomic E-state index is 12.5. The van der Waals surface area contributed by atoms with E-state index >= 15 is 0 Å². The molecule has 0 aliphatic rings. The molecule has 0 saturated carbocycles. The van der Waals surface area contributed by atoms with E-state index in [1.54, 1.807) is 31.2 Å². The van der Waals surface area contributed by atoms with Crippen LogP contribution in [0.3, 0.4) is 0 Å². The van der Waals surface area contributed by atoms with Gasteiger partial charge in [-0.3, -0.25) is 19.1 Å². The van der Waals surface area contributed by atoms with E-state index in [9.17, 15) is 14.4 Å². The van der Waals surface area contributed by atoms with Crippen molar-refractivity contribution in [3.63, 3.8) is 0 Å². The van der Waals surface area contributed by atoms with Gasteiger partial charge in [-0.1, -0.05) is 0 Å². The average molecular weight is 273 g/mol. The molecule has 20 heavy (non-hydrogen) atoms. The van der Waals surface area contributed by atoms with Crippen LogP contribution < -0.4 is 17.0 Å². The van der Waals surface area contributed by atoms with Crippen molar-refractivity contribution in [2.45, 2.75) is 20.4 Å². The van der Waals surface area contributed by atoms with Gasteiger partial charge in [-0.05, 0) is 38.1 Å². The van der Waals surface area contributed by atoms with Crippen molar-refractivity contribution >= 4 is 11.5 Å². The number of H-pyrrole nitrogens is 1. The highest BCUT2D eigenvalue weighted by molar-refractivity contribution is 6.08. The highest BCUT2D eigenvalue weighted by Gasteiger charge is 2.19. The van der Waals surface area contributed by atoms with E-state index in [4.69, 9.17) is 5.73 Å². The molecule has 6 nitrogen and oxygen atoms in total. The third-order valence-corrected chi connectivity index (χ3v) is 3.14. The normalized spacial score (nSPS) is 10.5. The molecule has 0 aliphatic heterocycles. The van der Waals surface area contributed by atoms with E-state index in [2.05, 4.69) is 4.98 Å². The molecule has 0 bridgehead atoms. The number of nitrogen functional groups attached to an aromatic ring is 1. The molecule has 2 aromatic rings. The molecule has 0 spiro atoms. The zero-order valence-corrected chi connectivity index (χ0v) is 11.3. The number of anilines is 1. The number of hydrogen-bond donors (Lipinski definition) is 2. The molecule has 0 unspecified atom stereocenters. The summed E-state index contributed by atoms with van der Waals surface area (Å²) in [4.78, 5) is 38.1. The van der Waals surface area contributed by atoms with Crippen LogP contribution in [-0.2, 0) is 6.54 Å². The maximum Gasteiger partial charge on any atom is 0.328 e. The van der Waals surface area contributed by atoms with E-state index in [1.165, 1.54) is 11.5 Å². The van der Waals surface area contributed by atoms with E-state index in [1.807, 2.05) is 0 Å². The first-order chi connectivity index (χ1) is 9.45. The Morgan fingerprint density at radius 2 is 1.85 bits per heavy atom. The number of aromatic amines is 1. The highest BCUT2D eigenvalue weighted by Crippen LogP contribution is 2.12. The van der Waals surface area contributed by atoms with Crippen molar-refractivity contribution in [3.05, 3.63) is 61.9 Å². The Kier molecular flexibility index (Phi) is 3.56.